The number of rotatable bonds is 4. The Hall–Kier alpha value is 0.110. The van der Waals surface area contributed by atoms with Crippen molar-refractivity contribution in [2.45, 2.75) is 30.2 Å². The molecule has 1 unspecified atom stereocenters. The summed E-state index contributed by atoms with van der Waals surface area (Å²) in [5.41, 5.74) is 0. The molecule has 1 aliphatic rings. The monoisotopic (exact) mass is 289 g/mol. The van der Waals surface area contributed by atoms with E-state index in [1.54, 1.807) is 0 Å². The summed E-state index contributed by atoms with van der Waals surface area (Å²) in [5.74, 6) is 1.15. The first-order valence-electron chi connectivity index (χ1n) is 5.95. The maximum absolute atomic E-state index is 5.99. The van der Waals surface area contributed by atoms with Crippen molar-refractivity contribution in [3.8, 4) is 0 Å². The zero-order chi connectivity index (χ0) is 12.3. The van der Waals surface area contributed by atoms with E-state index in [4.69, 9.17) is 23.2 Å². The van der Waals surface area contributed by atoms with Crippen LogP contribution in [0.1, 0.15) is 19.3 Å². The number of halogens is 2. The molecule has 94 valence electrons. The number of hydrogen-bond acceptors (Lipinski definition) is 2. The van der Waals surface area contributed by atoms with Crippen molar-refractivity contribution in [2.24, 2.45) is 0 Å². The van der Waals surface area contributed by atoms with Gasteiger partial charge in [-0.05, 0) is 56.8 Å². The summed E-state index contributed by atoms with van der Waals surface area (Å²) in [7, 11) is 2.22. The molecule has 4 heteroatoms. The summed E-state index contributed by atoms with van der Waals surface area (Å²) in [5, 5.41) is 1.28. The molecule has 1 saturated heterocycles. The molecule has 0 N–H and O–H groups in total. The Morgan fingerprint density at radius 2 is 2.18 bits per heavy atom. The largest absolute Gasteiger partial charge is 0.303 e. The Labute approximate surface area is 117 Å². The van der Waals surface area contributed by atoms with E-state index in [1.807, 2.05) is 30.0 Å². The van der Waals surface area contributed by atoms with Crippen molar-refractivity contribution in [1.29, 1.82) is 0 Å². The molecule has 1 aromatic carbocycles. The van der Waals surface area contributed by atoms with Crippen molar-refractivity contribution >= 4 is 35.0 Å². The van der Waals surface area contributed by atoms with Crippen LogP contribution in [0.15, 0.2) is 23.1 Å². The van der Waals surface area contributed by atoms with Crippen LogP contribution in [0.5, 0.6) is 0 Å². The van der Waals surface area contributed by atoms with Gasteiger partial charge in [-0.2, -0.15) is 0 Å². The Morgan fingerprint density at radius 1 is 1.35 bits per heavy atom. The molecule has 2 rings (SSSR count). The molecule has 0 radical (unpaired) electrons. The van der Waals surface area contributed by atoms with E-state index in [9.17, 15) is 0 Å². The van der Waals surface area contributed by atoms with Gasteiger partial charge in [-0.25, -0.2) is 0 Å². The van der Waals surface area contributed by atoms with Crippen molar-refractivity contribution in [1.82, 2.24) is 4.90 Å². The highest BCUT2D eigenvalue weighted by Gasteiger charge is 2.19. The van der Waals surface area contributed by atoms with E-state index >= 15 is 0 Å². The molecular formula is C13H17Cl2NS. The number of benzene rings is 1. The van der Waals surface area contributed by atoms with E-state index in [1.165, 1.54) is 30.7 Å². The fourth-order valence-corrected chi connectivity index (χ4v) is 3.58. The highest BCUT2D eigenvalue weighted by molar-refractivity contribution is 7.99. The minimum Gasteiger partial charge on any atom is -0.303 e. The van der Waals surface area contributed by atoms with Crippen molar-refractivity contribution in [3.05, 3.63) is 28.2 Å². The van der Waals surface area contributed by atoms with Gasteiger partial charge in [-0.1, -0.05) is 23.2 Å². The van der Waals surface area contributed by atoms with E-state index in [0.717, 1.165) is 11.8 Å². The second-order valence-electron chi connectivity index (χ2n) is 4.49. The Kier molecular flexibility index (Phi) is 5.04. The first-order valence-corrected chi connectivity index (χ1v) is 7.69. The summed E-state index contributed by atoms with van der Waals surface area (Å²) in [4.78, 5) is 3.68. The normalized spacial score (nSPS) is 21.0. The summed E-state index contributed by atoms with van der Waals surface area (Å²) in [6, 6.07) is 6.63. The predicted octanol–water partition coefficient (Wildman–Crippen LogP) is 4.57. The first kappa shape index (κ1) is 13.5. The first-order chi connectivity index (χ1) is 8.16. The van der Waals surface area contributed by atoms with Gasteiger partial charge in [0, 0.05) is 10.9 Å². The zero-order valence-corrected chi connectivity index (χ0v) is 12.3. The Bertz CT molecular complexity index is 384. The molecule has 1 heterocycles. The third kappa shape index (κ3) is 3.78. The molecular weight excluding hydrogens is 273 g/mol. The van der Waals surface area contributed by atoms with Crippen LogP contribution in [0.3, 0.4) is 0 Å². The molecule has 0 aliphatic carbocycles. The van der Waals surface area contributed by atoms with Gasteiger partial charge >= 0.3 is 0 Å². The maximum atomic E-state index is 5.99. The molecule has 0 amide bonds. The van der Waals surface area contributed by atoms with Gasteiger partial charge in [0.15, 0.2) is 0 Å². The van der Waals surface area contributed by atoms with E-state index < -0.39 is 0 Å². The van der Waals surface area contributed by atoms with Crippen LogP contribution in [0.25, 0.3) is 0 Å². The topological polar surface area (TPSA) is 3.24 Å². The highest BCUT2D eigenvalue weighted by Crippen LogP contribution is 2.29. The fraction of sp³-hybridized carbons (Fsp3) is 0.538. The SMILES string of the molecule is CN1CCCC1CCSc1ccc(Cl)c(Cl)c1. The van der Waals surface area contributed by atoms with Crippen LogP contribution in [-0.4, -0.2) is 30.3 Å². The number of hydrogen-bond donors (Lipinski definition) is 0. The highest BCUT2D eigenvalue weighted by atomic mass is 35.5. The van der Waals surface area contributed by atoms with Crippen LogP contribution in [-0.2, 0) is 0 Å². The van der Waals surface area contributed by atoms with Gasteiger partial charge in [-0.3, -0.25) is 0 Å². The van der Waals surface area contributed by atoms with Crippen molar-refractivity contribution in [2.75, 3.05) is 19.3 Å². The third-order valence-electron chi connectivity index (χ3n) is 3.28. The summed E-state index contributed by atoms with van der Waals surface area (Å²) in [6.07, 6.45) is 3.94. The van der Waals surface area contributed by atoms with Crippen LogP contribution in [0, 0.1) is 0 Å². The van der Waals surface area contributed by atoms with E-state index in [-0.39, 0.29) is 0 Å². The van der Waals surface area contributed by atoms with Gasteiger partial charge < -0.3 is 4.90 Å². The number of likely N-dealkylation sites (tertiary alicyclic amines) is 1. The van der Waals surface area contributed by atoms with Crippen molar-refractivity contribution < 1.29 is 0 Å². The van der Waals surface area contributed by atoms with Gasteiger partial charge in [0.05, 0.1) is 10.0 Å². The molecule has 1 aromatic rings. The Balaban J connectivity index is 1.79. The minimum absolute atomic E-state index is 0.631. The lowest BCUT2D eigenvalue weighted by Gasteiger charge is -2.18. The molecule has 17 heavy (non-hydrogen) atoms. The third-order valence-corrected chi connectivity index (χ3v) is 5.05. The van der Waals surface area contributed by atoms with Crippen LogP contribution >= 0.6 is 35.0 Å². The van der Waals surface area contributed by atoms with Crippen LogP contribution < -0.4 is 0 Å². The lowest BCUT2D eigenvalue weighted by atomic mass is 10.2. The summed E-state index contributed by atoms with van der Waals surface area (Å²) in [6.45, 7) is 1.25. The lowest BCUT2D eigenvalue weighted by molar-refractivity contribution is 0.305. The molecule has 1 nitrogen and oxygen atoms in total. The number of thioether (sulfide) groups is 1. The zero-order valence-electron chi connectivity index (χ0n) is 9.96. The molecule has 1 atom stereocenters. The predicted molar refractivity (Wildman–Crippen MR) is 77.5 cm³/mol. The van der Waals surface area contributed by atoms with Gasteiger partial charge in [-0.15, -0.1) is 11.8 Å². The summed E-state index contributed by atoms with van der Waals surface area (Å²) >= 11 is 13.7. The average molecular weight is 290 g/mol. The van der Waals surface area contributed by atoms with Gasteiger partial charge in [0.25, 0.3) is 0 Å². The van der Waals surface area contributed by atoms with Gasteiger partial charge in [0.2, 0.25) is 0 Å². The second kappa shape index (κ2) is 6.33. The molecule has 1 aliphatic heterocycles. The standard InChI is InChI=1S/C13H17Cl2NS/c1-16-7-2-3-10(16)6-8-17-11-4-5-12(14)13(15)9-11/h4-5,9-10H,2-3,6-8H2,1H3. The minimum atomic E-state index is 0.631. The molecule has 1 fully saturated rings. The number of nitrogens with zero attached hydrogens (tertiary/aromatic N) is 1. The molecule has 0 aromatic heterocycles. The van der Waals surface area contributed by atoms with Gasteiger partial charge in [0.1, 0.15) is 0 Å². The Morgan fingerprint density at radius 3 is 2.82 bits per heavy atom. The van der Waals surface area contributed by atoms with Crippen LogP contribution in [0.4, 0.5) is 0 Å². The van der Waals surface area contributed by atoms with E-state index in [0.29, 0.717) is 10.0 Å². The quantitative estimate of drug-likeness (QED) is 0.747. The second-order valence-corrected chi connectivity index (χ2v) is 6.47. The van der Waals surface area contributed by atoms with E-state index in [2.05, 4.69) is 11.9 Å². The maximum Gasteiger partial charge on any atom is 0.0603 e. The summed E-state index contributed by atoms with van der Waals surface area (Å²) < 4.78 is 0. The van der Waals surface area contributed by atoms with Crippen LogP contribution in [0.2, 0.25) is 10.0 Å². The lowest BCUT2D eigenvalue weighted by Crippen LogP contribution is -2.25. The molecule has 0 bridgehead atoms. The van der Waals surface area contributed by atoms with Crippen molar-refractivity contribution in [3.63, 3.8) is 0 Å². The molecule has 0 saturated carbocycles. The molecule has 0 spiro atoms. The average Bonchev–Trinajstić information content (AvgIpc) is 2.70. The fourth-order valence-electron chi connectivity index (χ4n) is 2.22. The smallest absolute Gasteiger partial charge is 0.0603 e.